The molecule has 7 nitrogen and oxygen atoms in total. The Hall–Kier alpha value is -3.74. The van der Waals surface area contributed by atoms with Crippen LogP contribution in [0.4, 0.5) is 0 Å². The number of para-hydroxylation sites is 2. The Labute approximate surface area is 185 Å². The SMILES string of the molecule is Cc1nc2c3ccccc3nn2c(C)c1CCC(=O)NCCCc1nc2ccccc2[nH]1. The summed E-state index contributed by atoms with van der Waals surface area (Å²) >= 11 is 0. The number of benzene rings is 2. The molecule has 7 heteroatoms. The van der Waals surface area contributed by atoms with Gasteiger partial charge in [0.05, 0.1) is 16.6 Å². The van der Waals surface area contributed by atoms with Gasteiger partial charge in [-0.2, -0.15) is 5.10 Å². The normalized spacial score (nSPS) is 11.6. The number of carbonyl (C=O) groups is 1. The van der Waals surface area contributed by atoms with Gasteiger partial charge >= 0.3 is 0 Å². The molecule has 0 radical (unpaired) electrons. The maximum atomic E-state index is 12.4. The number of imidazole rings is 1. The molecule has 1 amide bonds. The van der Waals surface area contributed by atoms with E-state index in [-0.39, 0.29) is 5.91 Å². The van der Waals surface area contributed by atoms with Crippen molar-refractivity contribution in [1.29, 1.82) is 0 Å². The van der Waals surface area contributed by atoms with Crippen LogP contribution >= 0.6 is 0 Å². The molecule has 0 aliphatic carbocycles. The maximum Gasteiger partial charge on any atom is 0.220 e. The fraction of sp³-hybridized carbons (Fsp3) is 0.280. The monoisotopic (exact) mass is 426 g/mol. The minimum Gasteiger partial charge on any atom is -0.356 e. The number of rotatable bonds is 7. The molecule has 0 aliphatic rings. The summed E-state index contributed by atoms with van der Waals surface area (Å²) in [7, 11) is 0. The zero-order chi connectivity index (χ0) is 22.1. The molecule has 2 N–H and O–H groups in total. The number of amides is 1. The van der Waals surface area contributed by atoms with Crippen LogP contribution in [0.1, 0.15) is 35.6 Å². The van der Waals surface area contributed by atoms with Crippen LogP contribution in [-0.4, -0.2) is 37.0 Å². The third-order valence-corrected chi connectivity index (χ3v) is 5.97. The van der Waals surface area contributed by atoms with Crippen molar-refractivity contribution in [2.45, 2.75) is 39.5 Å². The summed E-state index contributed by atoms with van der Waals surface area (Å²) in [5.74, 6) is 1.01. The van der Waals surface area contributed by atoms with E-state index in [4.69, 9.17) is 10.1 Å². The van der Waals surface area contributed by atoms with Gasteiger partial charge in [0.15, 0.2) is 5.65 Å². The van der Waals surface area contributed by atoms with E-state index in [1.165, 1.54) is 0 Å². The number of nitrogens with one attached hydrogen (secondary N) is 2. The van der Waals surface area contributed by atoms with E-state index in [2.05, 4.69) is 15.3 Å². The first-order valence-corrected chi connectivity index (χ1v) is 11.0. The molecule has 0 aliphatic heterocycles. The standard InChI is InChI=1S/C25H26N6O/c1-16-18(17(2)31-25(27-16)19-8-3-4-9-20(19)30-31)13-14-24(32)26-15-7-12-23-28-21-10-5-6-11-22(21)29-23/h3-6,8-11H,7,12-15H2,1-2H3,(H,26,32)(H,28,29). The van der Waals surface area contributed by atoms with Gasteiger partial charge in [0, 0.05) is 36.2 Å². The quantitative estimate of drug-likeness (QED) is 0.384. The van der Waals surface area contributed by atoms with Gasteiger partial charge in [-0.05, 0) is 56.5 Å². The molecule has 0 fully saturated rings. The van der Waals surface area contributed by atoms with E-state index >= 15 is 0 Å². The first kappa shape index (κ1) is 20.2. The van der Waals surface area contributed by atoms with Crippen molar-refractivity contribution in [1.82, 2.24) is 29.9 Å². The highest BCUT2D eigenvalue weighted by molar-refractivity contribution is 5.92. The van der Waals surface area contributed by atoms with Crippen molar-refractivity contribution >= 4 is 33.5 Å². The summed E-state index contributed by atoms with van der Waals surface area (Å²) in [6, 6.07) is 16.0. The average Bonchev–Trinajstić information content (AvgIpc) is 3.38. The van der Waals surface area contributed by atoms with Crippen molar-refractivity contribution < 1.29 is 4.79 Å². The van der Waals surface area contributed by atoms with Crippen LogP contribution in [0.2, 0.25) is 0 Å². The molecule has 0 saturated heterocycles. The van der Waals surface area contributed by atoms with Gasteiger partial charge in [-0.25, -0.2) is 14.5 Å². The predicted octanol–water partition coefficient (Wildman–Crippen LogP) is 4.06. The maximum absolute atomic E-state index is 12.4. The lowest BCUT2D eigenvalue weighted by molar-refractivity contribution is -0.121. The van der Waals surface area contributed by atoms with Crippen molar-refractivity contribution in [3.05, 3.63) is 71.3 Å². The molecule has 162 valence electrons. The zero-order valence-corrected chi connectivity index (χ0v) is 18.4. The predicted molar refractivity (Wildman–Crippen MR) is 126 cm³/mol. The van der Waals surface area contributed by atoms with Gasteiger partial charge in [0.2, 0.25) is 5.91 Å². The minimum atomic E-state index is 0.0547. The Kier molecular flexibility index (Phi) is 5.31. The highest BCUT2D eigenvalue weighted by atomic mass is 16.1. The number of aromatic amines is 1. The molecule has 5 rings (SSSR count). The van der Waals surface area contributed by atoms with Crippen LogP contribution in [0.15, 0.2) is 48.5 Å². The molecule has 3 heterocycles. The first-order chi connectivity index (χ1) is 15.6. The number of nitrogens with zero attached hydrogens (tertiary/aromatic N) is 4. The van der Waals surface area contributed by atoms with Gasteiger partial charge in [0.1, 0.15) is 5.82 Å². The van der Waals surface area contributed by atoms with Crippen molar-refractivity contribution in [3.8, 4) is 0 Å². The molecular formula is C25H26N6O. The molecule has 0 saturated carbocycles. The molecule has 3 aromatic heterocycles. The number of aromatic nitrogens is 5. The summed E-state index contributed by atoms with van der Waals surface area (Å²) < 4.78 is 1.90. The number of carbonyl (C=O) groups excluding carboxylic acids is 1. The molecule has 0 spiro atoms. The second-order valence-corrected chi connectivity index (χ2v) is 8.17. The van der Waals surface area contributed by atoms with Gasteiger partial charge in [-0.1, -0.05) is 24.3 Å². The number of hydrogen-bond donors (Lipinski definition) is 2. The van der Waals surface area contributed by atoms with Gasteiger partial charge < -0.3 is 10.3 Å². The Balaban J connectivity index is 1.18. The topological polar surface area (TPSA) is 88.0 Å². The van der Waals surface area contributed by atoms with Gasteiger partial charge in [-0.15, -0.1) is 0 Å². The number of H-pyrrole nitrogens is 1. The highest BCUT2D eigenvalue weighted by Gasteiger charge is 2.15. The van der Waals surface area contributed by atoms with Gasteiger partial charge in [-0.3, -0.25) is 4.79 Å². The van der Waals surface area contributed by atoms with Crippen LogP contribution in [-0.2, 0) is 17.6 Å². The smallest absolute Gasteiger partial charge is 0.220 e. The summed E-state index contributed by atoms with van der Waals surface area (Å²) in [5.41, 5.74) is 6.92. The van der Waals surface area contributed by atoms with E-state index in [0.29, 0.717) is 19.4 Å². The van der Waals surface area contributed by atoms with E-state index in [1.54, 1.807) is 0 Å². The van der Waals surface area contributed by atoms with E-state index in [0.717, 1.165) is 63.2 Å². The summed E-state index contributed by atoms with van der Waals surface area (Å²) in [5, 5.41) is 8.77. The van der Waals surface area contributed by atoms with Crippen molar-refractivity contribution in [2.75, 3.05) is 6.54 Å². The van der Waals surface area contributed by atoms with Crippen LogP contribution in [0.25, 0.3) is 27.6 Å². The largest absolute Gasteiger partial charge is 0.356 e. The van der Waals surface area contributed by atoms with Crippen LogP contribution < -0.4 is 5.32 Å². The highest BCUT2D eigenvalue weighted by Crippen LogP contribution is 2.22. The van der Waals surface area contributed by atoms with E-state index < -0.39 is 0 Å². The molecule has 2 aromatic carbocycles. The summed E-state index contributed by atoms with van der Waals surface area (Å²) in [6.07, 6.45) is 2.73. The van der Waals surface area contributed by atoms with Crippen LogP contribution in [0.3, 0.4) is 0 Å². The molecule has 5 aromatic rings. The fourth-order valence-electron chi connectivity index (χ4n) is 4.27. The lowest BCUT2D eigenvalue weighted by Crippen LogP contribution is -2.25. The first-order valence-electron chi connectivity index (χ1n) is 11.0. The Morgan fingerprint density at radius 3 is 2.62 bits per heavy atom. The third kappa shape index (κ3) is 3.82. The molecule has 0 atom stereocenters. The lowest BCUT2D eigenvalue weighted by Gasteiger charge is -2.11. The number of fused-ring (bicyclic) bond motifs is 4. The summed E-state index contributed by atoms with van der Waals surface area (Å²) in [6.45, 7) is 4.69. The fourth-order valence-corrected chi connectivity index (χ4v) is 4.27. The third-order valence-electron chi connectivity index (χ3n) is 5.97. The lowest BCUT2D eigenvalue weighted by atomic mass is 10.1. The second-order valence-electron chi connectivity index (χ2n) is 8.17. The average molecular weight is 427 g/mol. The van der Waals surface area contributed by atoms with Crippen LogP contribution in [0, 0.1) is 13.8 Å². The zero-order valence-electron chi connectivity index (χ0n) is 18.4. The van der Waals surface area contributed by atoms with Crippen molar-refractivity contribution in [3.63, 3.8) is 0 Å². The summed E-state index contributed by atoms with van der Waals surface area (Å²) in [4.78, 5) is 25.1. The molecule has 32 heavy (non-hydrogen) atoms. The van der Waals surface area contributed by atoms with E-state index in [1.807, 2.05) is 66.9 Å². The van der Waals surface area contributed by atoms with Crippen LogP contribution in [0.5, 0.6) is 0 Å². The number of hydrogen-bond acceptors (Lipinski definition) is 4. The van der Waals surface area contributed by atoms with Crippen molar-refractivity contribution in [2.24, 2.45) is 0 Å². The molecule has 0 unspecified atom stereocenters. The Morgan fingerprint density at radius 2 is 1.78 bits per heavy atom. The molecular weight excluding hydrogens is 400 g/mol. The van der Waals surface area contributed by atoms with E-state index in [9.17, 15) is 4.79 Å². The molecule has 0 bridgehead atoms. The number of aryl methyl sites for hydroxylation is 3. The Bertz CT molecular complexity index is 1400. The van der Waals surface area contributed by atoms with Gasteiger partial charge in [0.25, 0.3) is 0 Å². The second kappa shape index (κ2) is 8.42. The minimum absolute atomic E-state index is 0.0547. The Morgan fingerprint density at radius 1 is 1.00 bits per heavy atom.